The highest BCUT2D eigenvalue weighted by atomic mass is 79.9. The van der Waals surface area contributed by atoms with E-state index in [1.54, 1.807) is 33.3 Å². The number of halogens is 1. The van der Waals surface area contributed by atoms with E-state index in [2.05, 4.69) is 26.6 Å². The van der Waals surface area contributed by atoms with Gasteiger partial charge in [-0.15, -0.1) is 0 Å². The zero-order valence-electron chi connectivity index (χ0n) is 13.2. The number of methoxy groups -OCH3 is 2. The van der Waals surface area contributed by atoms with Gasteiger partial charge in [0, 0.05) is 21.9 Å². The fourth-order valence-corrected chi connectivity index (χ4v) is 2.29. The third kappa shape index (κ3) is 4.63. The van der Waals surface area contributed by atoms with Gasteiger partial charge in [0.15, 0.2) is 11.5 Å². The Bertz CT molecular complexity index is 674. The normalized spacial score (nSPS) is 11.5. The van der Waals surface area contributed by atoms with E-state index in [1.807, 2.05) is 30.3 Å². The monoisotopic (exact) mass is 378 g/mol. The van der Waals surface area contributed by atoms with Crippen LogP contribution in [-0.2, 0) is 4.79 Å². The van der Waals surface area contributed by atoms with E-state index >= 15 is 0 Å². The van der Waals surface area contributed by atoms with Crippen molar-refractivity contribution in [3.05, 3.63) is 46.9 Å². The molecule has 2 N–H and O–H groups in total. The maximum Gasteiger partial charge on any atom is 0.246 e. The van der Waals surface area contributed by atoms with Crippen molar-refractivity contribution in [3.8, 4) is 11.5 Å². The first kappa shape index (κ1) is 17.1. The summed E-state index contributed by atoms with van der Waals surface area (Å²) in [6.45, 7) is 1.80. The molecule has 0 aromatic heterocycles. The quantitative estimate of drug-likeness (QED) is 0.799. The number of ether oxygens (including phenoxy) is 2. The summed E-state index contributed by atoms with van der Waals surface area (Å²) in [6.07, 6.45) is 0. The van der Waals surface area contributed by atoms with Crippen molar-refractivity contribution < 1.29 is 14.3 Å². The zero-order valence-corrected chi connectivity index (χ0v) is 14.8. The zero-order chi connectivity index (χ0) is 16.8. The predicted octanol–water partition coefficient (Wildman–Crippen LogP) is 3.91. The summed E-state index contributed by atoms with van der Waals surface area (Å²) in [7, 11) is 3.16. The molecule has 2 rings (SSSR count). The van der Waals surface area contributed by atoms with Crippen molar-refractivity contribution >= 4 is 33.2 Å². The lowest BCUT2D eigenvalue weighted by Crippen LogP contribution is -2.31. The highest BCUT2D eigenvalue weighted by Gasteiger charge is 2.14. The minimum Gasteiger partial charge on any atom is -0.493 e. The highest BCUT2D eigenvalue weighted by Crippen LogP contribution is 2.30. The predicted molar refractivity (Wildman–Crippen MR) is 95.4 cm³/mol. The van der Waals surface area contributed by atoms with E-state index in [-0.39, 0.29) is 5.91 Å². The summed E-state index contributed by atoms with van der Waals surface area (Å²) in [4.78, 5) is 12.2. The van der Waals surface area contributed by atoms with Gasteiger partial charge in [-0.25, -0.2) is 0 Å². The molecule has 0 heterocycles. The summed E-state index contributed by atoms with van der Waals surface area (Å²) < 4.78 is 11.4. The van der Waals surface area contributed by atoms with E-state index in [0.717, 1.165) is 15.8 Å². The van der Waals surface area contributed by atoms with Crippen LogP contribution in [0, 0.1) is 0 Å². The van der Waals surface area contributed by atoms with Crippen LogP contribution < -0.4 is 20.1 Å². The molecular formula is C17H19BrN2O3. The number of hydrogen-bond acceptors (Lipinski definition) is 4. The van der Waals surface area contributed by atoms with Crippen molar-refractivity contribution in [1.29, 1.82) is 0 Å². The Morgan fingerprint density at radius 1 is 1.00 bits per heavy atom. The Labute approximate surface area is 144 Å². The summed E-state index contributed by atoms with van der Waals surface area (Å²) in [5, 5.41) is 6.00. The molecule has 6 heteroatoms. The van der Waals surface area contributed by atoms with Gasteiger partial charge in [0.05, 0.1) is 14.2 Å². The van der Waals surface area contributed by atoms with Crippen molar-refractivity contribution in [3.63, 3.8) is 0 Å². The van der Waals surface area contributed by atoms with Crippen LogP contribution in [0.3, 0.4) is 0 Å². The topological polar surface area (TPSA) is 59.6 Å². The van der Waals surface area contributed by atoms with Crippen LogP contribution in [0.25, 0.3) is 0 Å². The number of carbonyl (C=O) groups is 1. The molecule has 0 aliphatic carbocycles. The molecule has 2 aromatic rings. The maximum atomic E-state index is 12.2. The highest BCUT2D eigenvalue weighted by molar-refractivity contribution is 9.10. The molecule has 5 nitrogen and oxygen atoms in total. The second kappa shape index (κ2) is 7.87. The first-order chi connectivity index (χ1) is 11.0. The van der Waals surface area contributed by atoms with Crippen molar-refractivity contribution in [2.75, 3.05) is 24.9 Å². The fraction of sp³-hybridized carbons (Fsp3) is 0.235. The van der Waals surface area contributed by atoms with Gasteiger partial charge < -0.3 is 20.1 Å². The van der Waals surface area contributed by atoms with Crippen LogP contribution in [0.5, 0.6) is 11.5 Å². The smallest absolute Gasteiger partial charge is 0.246 e. The van der Waals surface area contributed by atoms with Gasteiger partial charge in [-0.05, 0) is 43.3 Å². The molecule has 2 aromatic carbocycles. The molecule has 0 spiro atoms. The standard InChI is InChI=1S/C17H19BrN2O3/c1-11(17(21)20-13-6-4-12(18)5-7-13)19-14-8-9-15(22-2)16(10-14)23-3/h4-11,19H,1-3H3,(H,20,21)/t11-/m0/s1. The van der Waals surface area contributed by atoms with Gasteiger partial charge in [0.25, 0.3) is 0 Å². The first-order valence-electron chi connectivity index (χ1n) is 7.08. The van der Waals surface area contributed by atoms with Crippen molar-refractivity contribution in [2.45, 2.75) is 13.0 Å². The lowest BCUT2D eigenvalue weighted by molar-refractivity contribution is -0.116. The van der Waals surface area contributed by atoms with E-state index in [1.165, 1.54) is 0 Å². The van der Waals surface area contributed by atoms with Crippen molar-refractivity contribution in [1.82, 2.24) is 0 Å². The van der Waals surface area contributed by atoms with E-state index in [0.29, 0.717) is 11.5 Å². The summed E-state index contributed by atoms with van der Waals surface area (Å²) in [5.41, 5.74) is 1.53. The summed E-state index contributed by atoms with van der Waals surface area (Å²) in [5.74, 6) is 1.13. The number of hydrogen-bond donors (Lipinski definition) is 2. The summed E-state index contributed by atoms with van der Waals surface area (Å²) in [6, 6.07) is 12.4. The lowest BCUT2D eigenvalue weighted by atomic mass is 10.2. The van der Waals surface area contributed by atoms with Crippen LogP contribution >= 0.6 is 15.9 Å². The molecule has 122 valence electrons. The number of nitrogens with one attached hydrogen (secondary N) is 2. The number of benzene rings is 2. The Hall–Kier alpha value is -2.21. The molecule has 1 atom stereocenters. The molecule has 0 saturated carbocycles. The third-order valence-electron chi connectivity index (χ3n) is 3.27. The minimum absolute atomic E-state index is 0.123. The van der Waals surface area contributed by atoms with Gasteiger partial charge in [-0.3, -0.25) is 4.79 Å². The molecule has 0 unspecified atom stereocenters. The second-order valence-corrected chi connectivity index (χ2v) is 5.85. The van der Waals surface area contributed by atoms with E-state index in [4.69, 9.17) is 9.47 Å². The molecule has 0 aliphatic rings. The average Bonchev–Trinajstić information content (AvgIpc) is 2.56. The molecule has 0 saturated heterocycles. The molecule has 0 radical (unpaired) electrons. The van der Waals surface area contributed by atoms with Crippen LogP contribution in [0.2, 0.25) is 0 Å². The molecule has 0 fully saturated rings. The van der Waals surface area contributed by atoms with Crippen LogP contribution in [0.1, 0.15) is 6.92 Å². The van der Waals surface area contributed by atoms with Crippen LogP contribution in [0.4, 0.5) is 11.4 Å². The second-order valence-electron chi connectivity index (χ2n) is 4.93. The van der Waals surface area contributed by atoms with Gasteiger partial charge in [0.2, 0.25) is 5.91 Å². The average molecular weight is 379 g/mol. The number of rotatable bonds is 6. The Kier molecular flexibility index (Phi) is 5.87. The van der Waals surface area contributed by atoms with Crippen LogP contribution in [0.15, 0.2) is 46.9 Å². The summed E-state index contributed by atoms with van der Waals surface area (Å²) >= 11 is 3.36. The molecule has 0 bridgehead atoms. The maximum absolute atomic E-state index is 12.2. The number of carbonyl (C=O) groups excluding carboxylic acids is 1. The Morgan fingerprint density at radius 2 is 1.61 bits per heavy atom. The number of amides is 1. The van der Waals surface area contributed by atoms with E-state index < -0.39 is 6.04 Å². The Balaban J connectivity index is 2.01. The third-order valence-corrected chi connectivity index (χ3v) is 3.80. The minimum atomic E-state index is -0.406. The van der Waals surface area contributed by atoms with Gasteiger partial charge >= 0.3 is 0 Å². The first-order valence-corrected chi connectivity index (χ1v) is 7.87. The molecular weight excluding hydrogens is 360 g/mol. The molecule has 23 heavy (non-hydrogen) atoms. The van der Waals surface area contributed by atoms with Gasteiger partial charge in [0.1, 0.15) is 6.04 Å². The van der Waals surface area contributed by atoms with Gasteiger partial charge in [-0.2, -0.15) is 0 Å². The molecule has 1 amide bonds. The fourth-order valence-electron chi connectivity index (χ4n) is 2.03. The number of anilines is 2. The van der Waals surface area contributed by atoms with Crippen LogP contribution in [-0.4, -0.2) is 26.2 Å². The van der Waals surface area contributed by atoms with E-state index in [9.17, 15) is 4.79 Å². The van der Waals surface area contributed by atoms with Crippen molar-refractivity contribution in [2.24, 2.45) is 0 Å². The SMILES string of the molecule is COc1ccc(N[C@@H](C)C(=O)Nc2ccc(Br)cc2)cc1OC. The molecule has 0 aliphatic heterocycles. The van der Waals surface area contributed by atoms with Gasteiger partial charge in [-0.1, -0.05) is 15.9 Å². The Morgan fingerprint density at radius 3 is 2.22 bits per heavy atom. The lowest BCUT2D eigenvalue weighted by Gasteiger charge is -2.17. The largest absolute Gasteiger partial charge is 0.493 e.